The van der Waals surface area contributed by atoms with Gasteiger partial charge in [-0.2, -0.15) is 0 Å². The van der Waals surface area contributed by atoms with Crippen molar-refractivity contribution in [3.63, 3.8) is 0 Å². The summed E-state index contributed by atoms with van der Waals surface area (Å²) in [5.41, 5.74) is 3.89. The quantitative estimate of drug-likeness (QED) is 0.614. The predicted molar refractivity (Wildman–Crippen MR) is 120 cm³/mol. The number of hydrogen-bond acceptors (Lipinski definition) is 5. The molecule has 1 aromatic heterocycles. The number of pyridine rings is 1. The lowest BCUT2D eigenvalue weighted by Gasteiger charge is -2.32. The number of rotatable bonds is 6. The van der Waals surface area contributed by atoms with Crippen LogP contribution in [0.15, 0.2) is 42.5 Å². The van der Waals surface area contributed by atoms with Gasteiger partial charge in [-0.25, -0.2) is 4.98 Å². The number of likely N-dealkylation sites (tertiary alicyclic amines) is 1. The molecule has 1 unspecified atom stereocenters. The van der Waals surface area contributed by atoms with E-state index in [0.717, 1.165) is 60.2 Å². The molecule has 0 aliphatic carbocycles. The van der Waals surface area contributed by atoms with E-state index in [9.17, 15) is 5.11 Å². The molecule has 1 N–H and O–H groups in total. The van der Waals surface area contributed by atoms with E-state index in [4.69, 9.17) is 26.1 Å². The monoisotopic (exact) mass is 426 g/mol. The number of benzene rings is 2. The van der Waals surface area contributed by atoms with Crippen LogP contribution >= 0.6 is 11.6 Å². The van der Waals surface area contributed by atoms with Gasteiger partial charge in [-0.15, -0.1) is 0 Å². The van der Waals surface area contributed by atoms with Crippen LogP contribution in [0.1, 0.15) is 18.4 Å². The van der Waals surface area contributed by atoms with Gasteiger partial charge in [0.15, 0.2) is 11.5 Å². The third-order valence-corrected chi connectivity index (χ3v) is 5.99. The number of nitrogens with zero attached hydrogens (tertiary/aromatic N) is 2. The Hall–Kier alpha value is -2.34. The maximum atomic E-state index is 9.61. The fourth-order valence-corrected chi connectivity index (χ4v) is 4.43. The fourth-order valence-electron chi connectivity index (χ4n) is 4.24. The van der Waals surface area contributed by atoms with Crippen molar-refractivity contribution in [2.24, 2.45) is 5.92 Å². The van der Waals surface area contributed by atoms with Crippen molar-refractivity contribution in [3.05, 3.63) is 53.1 Å². The van der Waals surface area contributed by atoms with Crippen molar-refractivity contribution in [2.75, 3.05) is 33.9 Å². The maximum Gasteiger partial charge on any atom is 0.162 e. The Kier molecular flexibility index (Phi) is 6.42. The number of methoxy groups -OCH3 is 2. The van der Waals surface area contributed by atoms with Crippen LogP contribution in [0.25, 0.3) is 22.2 Å². The summed E-state index contributed by atoms with van der Waals surface area (Å²) in [7, 11) is 3.27. The Bertz CT molecular complexity index is 1040. The van der Waals surface area contributed by atoms with E-state index < -0.39 is 0 Å². The Morgan fingerprint density at radius 2 is 1.93 bits per heavy atom. The number of fused-ring (bicyclic) bond motifs is 1. The van der Waals surface area contributed by atoms with Crippen LogP contribution in [-0.4, -0.2) is 48.9 Å². The molecule has 0 radical (unpaired) electrons. The minimum absolute atomic E-state index is 0.241. The number of halogens is 1. The number of aliphatic hydroxyl groups is 1. The molecule has 5 nitrogen and oxygen atoms in total. The lowest BCUT2D eigenvalue weighted by Crippen LogP contribution is -2.36. The van der Waals surface area contributed by atoms with E-state index in [-0.39, 0.29) is 6.61 Å². The molecule has 2 aromatic carbocycles. The zero-order valence-corrected chi connectivity index (χ0v) is 18.2. The van der Waals surface area contributed by atoms with Crippen molar-refractivity contribution in [1.29, 1.82) is 0 Å². The molecule has 1 aliphatic rings. The number of hydrogen-bond donors (Lipinski definition) is 1. The zero-order valence-electron chi connectivity index (χ0n) is 17.4. The highest BCUT2D eigenvalue weighted by molar-refractivity contribution is 6.30. The first-order valence-corrected chi connectivity index (χ1v) is 10.6. The van der Waals surface area contributed by atoms with Crippen LogP contribution in [0.5, 0.6) is 11.5 Å². The van der Waals surface area contributed by atoms with Gasteiger partial charge < -0.3 is 14.6 Å². The van der Waals surface area contributed by atoms with Gasteiger partial charge in [-0.1, -0.05) is 23.7 Å². The average Bonchev–Trinajstić information content (AvgIpc) is 2.77. The molecule has 0 spiro atoms. The highest BCUT2D eigenvalue weighted by Gasteiger charge is 2.21. The van der Waals surface area contributed by atoms with E-state index in [2.05, 4.69) is 11.0 Å². The van der Waals surface area contributed by atoms with Gasteiger partial charge in [-0.05, 0) is 55.1 Å². The van der Waals surface area contributed by atoms with Crippen LogP contribution in [0.4, 0.5) is 0 Å². The maximum absolute atomic E-state index is 9.61. The second-order valence-corrected chi connectivity index (χ2v) is 8.27. The largest absolute Gasteiger partial charge is 0.493 e. The van der Waals surface area contributed by atoms with E-state index in [1.54, 1.807) is 14.2 Å². The minimum atomic E-state index is 0.241. The smallest absolute Gasteiger partial charge is 0.162 e. The number of ether oxygens (including phenoxy) is 2. The Morgan fingerprint density at radius 3 is 2.67 bits per heavy atom. The number of piperidine rings is 1. The summed E-state index contributed by atoms with van der Waals surface area (Å²) in [5, 5.41) is 11.3. The lowest BCUT2D eigenvalue weighted by molar-refractivity contribution is 0.116. The number of aliphatic hydroxyl groups excluding tert-OH is 1. The summed E-state index contributed by atoms with van der Waals surface area (Å²) < 4.78 is 11.0. The normalized spacial score (nSPS) is 17.3. The molecule has 1 atom stereocenters. The standard InChI is InChI=1S/C24H27ClN2O3/c1-29-22-11-18-9-19(14-27-8-4-5-16(13-27)15-28)24(17-6-3-7-20(25)10-17)26-21(18)12-23(22)30-2/h3,6-7,9-12,16,28H,4-5,8,13-15H2,1-2H3. The molecule has 0 saturated carbocycles. The first-order valence-electron chi connectivity index (χ1n) is 10.3. The van der Waals surface area contributed by atoms with Gasteiger partial charge >= 0.3 is 0 Å². The molecule has 30 heavy (non-hydrogen) atoms. The van der Waals surface area contributed by atoms with Crippen molar-refractivity contribution >= 4 is 22.5 Å². The van der Waals surface area contributed by atoms with E-state index in [1.165, 1.54) is 0 Å². The topological polar surface area (TPSA) is 54.8 Å². The van der Waals surface area contributed by atoms with Crippen LogP contribution in [-0.2, 0) is 6.54 Å². The summed E-state index contributed by atoms with van der Waals surface area (Å²) >= 11 is 6.28. The molecule has 6 heteroatoms. The van der Waals surface area contributed by atoms with Crippen molar-refractivity contribution in [1.82, 2.24) is 9.88 Å². The van der Waals surface area contributed by atoms with E-state index in [0.29, 0.717) is 22.4 Å². The van der Waals surface area contributed by atoms with Gasteiger partial charge in [0.1, 0.15) is 0 Å². The van der Waals surface area contributed by atoms with Gasteiger partial charge in [0.25, 0.3) is 0 Å². The third-order valence-electron chi connectivity index (χ3n) is 5.75. The van der Waals surface area contributed by atoms with Crippen molar-refractivity contribution < 1.29 is 14.6 Å². The van der Waals surface area contributed by atoms with Gasteiger partial charge in [0.05, 0.1) is 25.4 Å². The molecule has 3 aromatic rings. The van der Waals surface area contributed by atoms with Gasteiger partial charge in [-0.3, -0.25) is 4.90 Å². The second kappa shape index (κ2) is 9.21. The van der Waals surface area contributed by atoms with Crippen LogP contribution in [0.3, 0.4) is 0 Å². The zero-order chi connectivity index (χ0) is 21.1. The van der Waals surface area contributed by atoms with Crippen molar-refractivity contribution in [3.8, 4) is 22.8 Å². The summed E-state index contributed by atoms with van der Waals surface area (Å²) in [6, 6.07) is 13.9. The molecule has 0 amide bonds. The molecule has 1 saturated heterocycles. The molecule has 158 valence electrons. The first-order chi connectivity index (χ1) is 14.6. The van der Waals surface area contributed by atoms with Gasteiger partial charge in [0.2, 0.25) is 0 Å². The summed E-state index contributed by atoms with van der Waals surface area (Å²) in [4.78, 5) is 7.41. The predicted octanol–water partition coefficient (Wildman–Crippen LogP) is 4.78. The Labute approximate surface area is 182 Å². The highest BCUT2D eigenvalue weighted by atomic mass is 35.5. The SMILES string of the molecule is COc1cc2cc(CN3CCCC(CO)C3)c(-c3cccc(Cl)c3)nc2cc1OC. The highest BCUT2D eigenvalue weighted by Crippen LogP contribution is 2.35. The van der Waals surface area contributed by atoms with Crippen LogP contribution in [0, 0.1) is 5.92 Å². The lowest BCUT2D eigenvalue weighted by atomic mass is 9.97. The molecular formula is C24H27ClN2O3. The fraction of sp³-hybridized carbons (Fsp3) is 0.375. The third kappa shape index (κ3) is 4.38. The Morgan fingerprint density at radius 1 is 1.13 bits per heavy atom. The molecule has 4 rings (SSSR count). The molecular weight excluding hydrogens is 400 g/mol. The summed E-state index contributed by atoms with van der Waals surface area (Å²) in [5.74, 6) is 1.68. The van der Waals surface area contributed by atoms with E-state index >= 15 is 0 Å². The number of aromatic nitrogens is 1. The molecule has 1 aliphatic heterocycles. The average molecular weight is 427 g/mol. The Balaban J connectivity index is 1.81. The minimum Gasteiger partial charge on any atom is -0.493 e. The molecule has 2 heterocycles. The van der Waals surface area contributed by atoms with E-state index in [1.807, 2.05) is 36.4 Å². The summed E-state index contributed by atoms with van der Waals surface area (Å²) in [6.45, 7) is 2.94. The molecule has 1 fully saturated rings. The second-order valence-electron chi connectivity index (χ2n) is 7.83. The van der Waals surface area contributed by atoms with Crippen molar-refractivity contribution in [2.45, 2.75) is 19.4 Å². The molecule has 0 bridgehead atoms. The summed E-state index contributed by atoms with van der Waals surface area (Å²) in [6.07, 6.45) is 2.19. The first kappa shape index (κ1) is 20.9. The van der Waals surface area contributed by atoms with Crippen LogP contribution in [0.2, 0.25) is 5.02 Å². The van der Waals surface area contributed by atoms with Gasteiger partial charge in [0, 0.05) is 41.7 Å². The van der Waals surface area contributed by atoms with Crippen LogP contribution < -0.4 is 9.47 Å².